The van der Waals surface area contributed by atoms with E-state index in [0.29, 0.717) is 11.1 Å². The highest BCUT2D eigenvalue weighted by atomic mass is 32.2. The van der Waals surface area contributed by atoms with Gasteiger partial charge >= 0.3 is 0 Å². The number of hydrogen-bond donors (Lipinski definition) is 1. The third kappa shape index (κ3) is 5.38. The minimum atomic E-state index is -3.10. The third-order valence-corrected chi connectivity index (χ3v) is 3.39. The third-order valence-electron chi connectivity index (χ3n) is 2.46. The fraction of sp³-hybridized carbons (Fsp3) is 0.385. The molecule has 0 radical (unpaired) electrons. The lowest BCUT2D eigenvalue weighted by atomic mass is 10.2. The predicted molar refractivity (Wildman–Crippen MR) is 76.8 cm³/mol. The maximum Gasteiger partial charge on any atom is 0.255 e. The number of hydrogen-bond acceptors (Lipinski definition) is 5. The Labute approximate surface area is 118 Å². The van der Waals surface area contributed by atoms with E-state index in [1.54, 1.807) is 13.1 Å². The highest BCUT2D eigenvalue weighted by molar-refractivity contribution is 7.90. The van der Waals surface area contributed by atoms with Crippen molar-refractivity contribution in [2.24, 2.45) is 5.73 Å². The smallest absolute Gasteiger partial charge is 0.255 e. The monoisotopic (exact) mass is 295 g/mol. The zero-order valence-electron chi connectivity index (χ0n) is 11.5. The molecule has 1 rings (SSSR count). The quantitative estimate of drug-likeness (QED) is 0.756. The van der Waals surface area contributed by atoms with Crippen molar-refractivity contribution in [3.8, 4) is 11.8 Å². The molecule has 0 aliphatic rings. The number of carbonyl (C=O) groups excluding carboxylic acids is 1. The van der Waals surface area contributed by atoms with Gasteiger partial charge in [0.2, 0.25) is 0 Å². The summed E-state index contributed by atoms with van der Waals surface area (Å²) in [5.41, 5.74) is 6.24. The Hall–Kier alpha value is -1.91. The number of aromatic nitrogens is 1. The predicted octanol–water partition coefficient (Wildman–Crippen LogP) is -0.492. The first-order chi connectivity index (χ1) is 9.33. The summed E-state index contributed by atoms with van der Waals surface area (Å²) in [6.07, 6.45) is 4.10. The fourth-order valence-electron chi connectivity index (χ4n) is 1.40. The summed E-state index contributed by atoms with van der Waals surface area (Å²) in [7, 11) is -1.55. The molecule has 0 atom stereocenters. The second-order valence-electron chi connectivity index (χ2n) is 4.32. The summed E-state index contributed by atoms with van der Waals surface area (Å²) in [5.74, 6) is 5.10. The SMILES string of the molecule is CN(CCS(C)(=O)=O)C(=O)c1cncc(C#CCN)c1. The molecule has 1 aromatic rings. The number of nitrogens with zero attached hydrogens (tertiary/aromatic N) is 2. The molecule has 7 heteroatoms. The Bertz CT molecular complexity index is 644. The summed E-state index contributed by atoms with van der Waals surface area (Å²) in [5, 5.41) is 0. The highest BCUT2D eigenvalue weighted by Gasteiger charge is 2.14. The van der Waals surface area contributed by atoms with Crippen LogP contribution in [-0.2, 0) is 9.84 Å². The Morgan fingerprint density at radius 2 is 2.15 bits per heavy atom. The van der Waals surface area contributed by atoms with E-state index in [9.17, 15) is 13.2 Å². The van der Waals surface area contributed by atoms with E-state index < -0.39 is 9.84 Å². The van der Waals surface area contributed by atoms with Gasteiger partial charge in [-0.25, -0.2) is 8.42 Å². The average Bonchev–Trinajstić information content (AvgIpc) is 2.41. The van der Waals surface area contributed by atoms with E-state index in [1.165, 1.54) is 17.3 Å². The number of rotatable bonds is 4. The molecule has 0 aromatic carbocycles. The number of amides is 1. The standard InChI is InChI=1S/C13H17N3O3S/c1-16(6-7-20(2,18)19)13(17)12-8-11(4-3-5-14)9-15-10-12/h8-10H,5-7,14H2,1-2H3. The van der Waals surface area contributed by atoms with Crippen LogP contribution in [-0.4, -0.2) is 56.4 Å². The van der Waals surface area contributed by atoms with Crippen molar-refractivity contribution < 1.29 is 13.2 Å². The van der Waals surface area contributed by atoms with Crippen LogP contribution in [0, 0.1) is 11.8 Å². The molecule has 0 saturated carbocycles. The summed E-state index contributed by atoms with van der Waals surface area (Å²) in [4.78, 5) is 17.4. The van der Waals surface area contributed by atoms with Crippen molar-refractivity contribution in [1.82, 2.24) is 9.88 Å². The summed E-state index contributed by atoms with van der Waals surface area (Å²) in [6.45, 7) is 0.364. The molecule has 0 bridgehead atoms. The number of sulfone groups is 1. The fourth-order valence-corrected chi connectivity index (χ4v) is 2.01. The summed E-state index contributed by atoms with van der Waals surface area (Å²) in [6, 6.07) is 1.61. The minimum Gasteiger partial charge on any atom is -0.341 e. The van der Waals surface area contributed by atoms with Crippen LogP contribution >= 0.6 is 0 Å². The van der Waals surface area contributed by atoms with Gasteiger partial charge in [0.15, 0.2) is 0 Å². The molecule has 1 amide bonds. The summed E-state index contributed by atoms with van der Waals surface area (Å²) < 4.78 is 22.2. The van der Waals surface area contributed by atoms with Crippen molar-refractivity contribution in [2.45, 2.75) is 0 Å². The van der Waals surface area contributed by atoms with E-state index in [4.69, 9.17) is 5.73 Å². The topological polar surface area (TPSA) is 93.4 Å². The molecule has 0 fully saturated rings. The van der Waals surface area contributed by atoms with E-state index in [1.807, 2.05) is 0 Å². The van der Waals surface area contributed by atoms with E-state index in [-0.39, 0.29) is 24.7 Å². The lowest BCUT2D eigenvalue weighted by Crippen LogP contribution is -2.31. The second-order valence-corrected chi connectivity index (χ2v) is 6.58. The first-order valence-electron chi connectivity index (χ1n) is 5.90. The first kappa shape index (κ1) is 16.1. The average molecular weight is 295 g/mol. The van der Waals surface area contributed by atoms with Crippen LogP contribution in [0.1, 0.15) is 15.9 Å². The van der Waals surface area contributed by atoms with Gasteiger partial charge in [-0.3, -0.25) is 9.78 Å². The maximum absolute atomic E-state index is 12.1. The molecule has 108 valence electrons. The van der Waals surface area contributed by atoms with E-state index in [0.717, 1.165) is 6.26 Å². The van der Waals surface area contributed by atoms with Crippen LogP contribution in [0.15, 0.2) is 18.5 Å². The molecule has 0 saturated heterocycles. The van der Waals surface area contributed by atoms with Gasteiger partial charge < -0.3 is 10.6 Å². The van der Waals surface area contributed by atoms with Gasteiger partial charge in [0, 0.05) is 37.8 Å². The molecule has 2 N–H and O–H groups in total. The van der Waals surface area contributed by atoms with Crippen molar-refractivity contribution >= 4 is 15.7 Å². The zero-order chi connectivity index (χ0) is 15.2. The van der Waals surface area contributed by atoms with Crippen LogP contribution in [0.4, 0.5) is 0 Å². The molecule has 0 unspecified atom stereocenters. The van der Waals surface area contributed by atoms with Crippen LogP contribution < -0.4 is 5.73 Å². The van der Waals surface area contributed by atoms with Gasteiger partial charge in [-0.1, -0.05) is 11.8 Å². The molecular formula is C13H17N3O3S. The Kier molecular flexibility index (Phi) is 5.67. The number of pyridine rings is 1. The van der Waals surface area contributed by atoms with E-state index in [2.05, 4.69) is 16.8 Å². The lowest BCUT2D eigenvalue weighted by molar-refractivity contribution is 0.0803. The van der Waals surface area contributed by atoms with Crippen molar-refractivity contribution in [3.05, 3.63) is 29.6 Å². The normalized spacial score (nSPS) is 10.6. The molecule has 0 aliphatic heterocycles. The second kappa shape index (κ2) is 7.03. The van der Waals surface area contributed by atoms with Crippen LogP contribution in [0.25, 0.3) is 0 Å². The van der Waals surface area contributed by atoms with Gasteiger partial charge in [-0.2, -0.15) is 0 Å². The van der Waals surface area contributed by atoms with Crippen LogP contribution in [0.2, 0.25) is 0 Å². The Morgan fingerprint density at radius 1 is 1.45 bits per heavy atom. The molecule has 1 heterocycles. The number of carbonyl (C=O) groups is 1. The molecule has 6 nitrogen and oxygen atoms in total. The molecule has 1 aromatic heterocycles. The highest BCUT2D eigenvalue weighted by Crippen LogP contribution is 2.05. The zero-order valence-corrected chi connectivity index (χ0v) is 12.3. The minimum absolute atomic E-state index is 0.0741. The van der Waals surface area contributed by atoms with Gasteiger partial charge in [0.05, 0.1) is 17.9 Å². The Morgan fingerprint density at radius 3 is 2.75 bits per heavy atom. The molecular weight excluding hydrogens is 278 g/mol. The van der Waals surface area contributed by atoms with Gasteiger partial charge in [0.1, 0.15) is 9.84 Å². The molecule has 0 spiro atoms. The first-order valence-corrected chi connectivity index (χ1v) is 7.96. The van der Waals surface area contributed by atoms with Crippen LogP contribution in [0.3, 0.4) is 0 Å². The van der Waals surface area contributed by atoms with Crippen molar-refractivity contribution in [3.63, 3.8) is 0 Å². The van der Waals surface area contributed by atoms with Crippen molar-refractivity contribution in [1.29, 1.82) is 0 Å². The molecule has 0 aliphatic carbocycles. The Balaban J connectivity index is 2.81. The molecule has 20 heavy (non-hydrogen) atoms. The van der Waals surface area contributed by atoms with Crippen molar-refractivity contribution in [2.75, 3.05) is 32.1 Å². The van der Waals surface area contributed by atoms with Gasteiger partial charge in [0.25, 0.3) is 5.91 Å². The van der Waals surface area contributed by atoms with E-state index >= 15 is 0 Å². The number of nitrogens with two attached hydrogens (primary N) is 1. The lowest BCUT2D eigenvalue weighted by Gasteiger charge is -2.16. The van der Waals surface area contributed by atoms with Crippen LogP contribution in [0.5, 0.6) is 0 Å². The van der Waals surface area contributed by atoms with Gasteiger partial charge in [-0.15, -0.1) is 0 Å². The largest absolute Gasteiger partial charge is 0.341 e. The summed E-state index contributed by atoms with van der Waals surface area (Å²) >= 11 is 0. The van der Waals surface area contributed by atoms with Gasteiger partial charge in [-0.05, 0) is 6.07 Å². The maximum atomic E-state index is 12.1.